The second kappa shape index (κ2) is 7.15. The molecule has 7 heteroatoms. The van der Waals surface area contributed by atoms with Crippen LogP contribution in [0.15, 0.2) is 35.2 Å². The molecule has 0 fully saturated rings. The van der Waals surface area contributed by atoms with Crippen LogP contribution in [0.3, 0.4) is 0 Å². The minimum absolute atomic E-state index is 0.0814. The van der Waals surface area contributed by atoms with E-state index in [2.05, 4.69) is 42.1 Å². The van der Waals surface area contributed by atoms with Gasteiger partial charge in [-0.1, -0.05) is 20.8 Å². The van der Waals surface area contributed by atoms with Crippen LogP contribution < -0.4 is 10.1 Å². The monoisotopic (exact) mass is 432 g/mol. The summed E-state index contributed by atoms with van der Waals surface area (Å²) in [5, 5.41) is 2.70. The molecule has 1 amide bonds. The van der Waals surface area contributed by atoms with E-state index in [1.165, 1.54) is 34.8 Å². The van der Waals surface area contributed by atoms with E-state index in [0.717, 1.165) is 25.1 Å². The molecule has 2 aromatic heterocycles. The first-order valence-electron chi connectivity index (χ1n) is 11.0. The van der Waals surface area contributed by atoms with Crippen LogP contribution in [-0.2, 0) is 23.7 Å². The Morgan fingerprint density at radius 2 is 2.03 bits per heavy atom. The molecule has 7 nitrogen and oxygen atoms in total. The van der Waals surface area contributed by atoms with Gasteiger partial charge in [0.1, 0.15) is 17.8 Å². The van der Waals surface area contributed by atoms with Crippen molar-refractivity contribution in [2.24, 2.45) is 5.92 Å². The van der Waals surface area contributed by atoms with E-state index in [0.29, 0.717) is 17.2 Å². The van der Waals surface area contributed by atoms with Gasteiger partial charge in [0.15, 0.2) is 0 Å². The van der Waals surface area contributed by atoms with E-state index in [-0.39, 0.29) is 22.8 Å². The summed E-state index contributed by atoms with van der Waals surface area (Å²) in [5.41, 5.74) is 5.12. The molecule has 0 radical (unpaired) electrons. The van der Waals surface area contributed by atoms with Crippen molar-refractivity contribution in [3.8, 4) is 5.75 Å². The average Bonchev–Trinajstić information content (AvgIpc) is 3.26. The van der Waals surface area contributed by atoms with E-state index in [1.807, 2.05) is 19.2 Å². The highest BCUT2D eigenvalue weighted by Crippen LogP contribution is 2.56. The molecule has 0 saturated carbocycles. The molecule has 1 aromatic carbocycles. The van der Waals surface area contributed by atoms with Gasteiger partial charge in [0, 0.05) is 17.0 Å². The van der Waals surface area contributed by atoms with Gasteiger partial charge < -0.3 is 9.15 Å². The topological polar surface area (TPSA) is 90.1 Å². The maximum absolute atomic E-state index is 12.9. The molecule has 1 N–H and O–H groups in total. The molecule has 2 atom stereocenters. The predicted molar refractivity (Wildman–Crippen MR) is 120 cm³/mol. The summed E-state index contributed by atoms with van der Waals surface area (Å²) >= 11 is 0. The summed E-state index contributed by atoms with van der Waals surface area (Å²) in [6.45, 7) is 8.91. The molecule has 0 spiro atoms. The van der Waals surface area contributed by atoms with Crippen molar-refractivity contribution in [2.45, 2.75) is 57.8 Å². The highest BCUT2D eigenvalue weighted by atomic mass is 16.5. The third-order valence-electron chi connectivity index (χ3n) is 7.43. The number of methoxy groups -OCH3 is 1. The summed E-state index contributed by atoms with van der Waals surface area (Å²) in [7, 11) is 1.60. The molecule has 2 aliphatic rings. The van der Waals surface area contributed by atoms with Gasteiger partial charge in [0.05, 0.1) is 24.6 Å². The van der Waals surface area contributed by atoms with E-state index in [1.54, 1.807) is 7.11 Å². The second-order valence-corrected chi connectivity index (χ2v) is 9.70. The lowest BCUT2D eigenvalue weighted by Gasteiger charge is -2.54. The van der Waals surface area contributed by atoms with Crippen LogP contribution in [0.25, 0.3) is 0 Å². The number of aryl methyl sites for hydroxylation is 2. The van der Waals surface area contributed by atoms with Crippen LogP contribution in [-0.4, -0.2) is 28.0 Å². The van der Waals surface area contributed by atoms with Crippen molar-refractivity contribution in [1.29, 1.82) is 0 Å². The van der Waals surface area contributed by atoms with Gasteiger partial charge in [-0.25, -0.2) is 15.0 Å². The quantitative estimate of drug-likeness (QED) is 0.660. The SMILES string of the molecule is COc1cc2c(cc1C(=O)Nc1ncco1)CCC1C(C)(C)c3nc(C)ncc3C[C@]21C. The molecule has 0 aliphatic heterocycles. The lowest BCUT2D eigenvalue weighted by atomic mass is 9.50. The number of rotatable bonds is 3. The van der Waals surface area contributed by atoms with Crippen molar-refractivity contribution in [3.05, 3.63) is 64.6 Å². The molecule has 0 bridgehead atoms. The van der Waals surface area contributed by atoms with Crippen LogP contribution in [0.5, 0.6) is 5.75 Å². The molecule has 32 heavy (non-hydrogen) atoms. The maximum atomic E-state index is 12.9. The molecule has 0 saturated heterocycles. The zero-order valence-corrected chi connectivity index (χ0v) is 19.2. The van der Waals surface area contributed by atoms with Crippen molar-refractivity contribution in [3.63, 3.8) is 0 Å². The average molecular weight is 433 g/mol. The molecule has 2 heterocycles. The van der Waals surface area contributed by atoms with E-state index < -0.39 is 0 Å². The Morgan fingerprint density at radius 1 is 1.22 bits per heavy atom. The summed E-state index contributed by atoms with van der Waals surface area (Å²) in [4.78, 5) is 26.2. The Kier molecular flexibility index (Phi) is 4.62. The van der Waals surface area contributed by atoms with Crippen LogP contribution in [0.4, 0.5) is 6.01 Å². The fourth-order valence-corrected chi connectivity index (χ4v) is 6.08. The van der Waals surface area contributed by atoms with E-state index in [4.69, 9.17) is 14.1 Å². The zero-order valence-electron chi connectivity index (χ0n) is 19.2. The van der Waals surface area contributed by atoms with Crippen LogP contribution in [0.1, 0.15) is 65.8 Å². The summed E-state index contributed by atoms with van der Waals surface area (Å²) in [6, 6.07) is 4.20. The highest BCUT2D eigenvalue weighted by molar-refractivity contribution is 6.05. The van der Waals surface area contributed by atoms with Gasteiger partial charge in [-0.05, 0) is 60.9 Å². The van der Waals surface area contributed by atoms with Gasteiger partial charge in [-0.15, -0.1) is 0 Å². The van der Waals surface area contributed by atoms with Gasteiger partial charge in [0.2, 0.25) is 0 Å². The number of hydrogen-bond acceptors (Lipinski definition) is 6. The number of aromatic nitrogens is 3. The smallest absolute Gasteiger partial charge is 0.301 e. The Bertz CT molecular complexity index is 1200. The number of amides is 1. The fraction of sp³-hybridized carbons (Fsp3) is 0.440. The first-order valence-corrected chi connectivity index (χ1v) is 11.0. The molecule has 2 aliphatic carbocycles. The van der Waals surface area contributed by atoms with Gasteiger partial charge in [-0.2, -0.15) is 0 Å². The summed E-state index contributed by atoms with van der Waals surface area (Å²) in [5.74, 6) is 1.50. The number of nitrogens with zero attached hydrogens (tertiary/aromatic N) is 3. The van der Waals surface area contributed by atoms with Crippen molar-refractivity contribution >= 4 is 11.9 Å². The fourth-order valence-electron chi connectivity index (χ4n) is 6.08. The maximum Gasteiger partial charge on any atom is 0.301 e. The van der Waals surface area contributed by atoms with Crippen LogP contribution >= 0.6 is 0 Å². The summed E-state index contributed by atoms with van der Waals surface area (Å²) in [6.07, 6.45) is 7.72. The third kappa shape index (κ3) is 3.02. The number of benzene rings is 1. The predicted octanol–water partition coefficient (Wildman–Crippen LogP) is 4.39. The second-order valence-electron chi connectivity index (χ2n) is 9.70. The molecule has 5 rings (SSSR count). The van der Waals surface area contributed by atoms with Gasteiger partial charge in [0.25, 0.3) is 5.91 Å². The number of oxazole rings is 1. The van der Waals surface area contributed by atoms with Crippen molar-refractivity contribution in [2.75, 3.05) is 12.4 Å². The lowest BCUT2D eigenvalue weighted by Crippen LogP contribution is -2.52. The Balaban J connectivity index is 1.60. The molecular weight excluding hydrogens is 404 g/mol. The molecule has 3 aromatic rings. The molecular formula is C25H28N4O3. The number of fused-ring (bicyclic) bond motifs is 4. The Morgan fingerprint density at radius 3 is 2.75 bits per heavy atom. The lowest BCUT2D eigenvalue weighted by molar-refractivity contribution is 0.101. The van der Waals surface area contributed by atoms with E-state index in [9.17, 15) is 4.79 Å². The van der Waals surface area contributed by atoms with Gasteiger partial charge >= 0.3 is 6.01 Å². The Labute approximate surface area is 187 Å². The minimum atomic E-state index is -0.294. The minimum Gasteiger partial charge on any atom is -0.496 e. The van der Waals surface area contributed by atoms with Crippen molar-refractivity contribution < 1.29 is 13.9 Å². The standard InChI is InChI=1S/C25H28N4O3/c1-14-27-13-16-12-25(4)18-11-19(31-5)17(22(30)29-23-26-8-9-32-23)10-15(18)6-7-20(25)24(2,3)21(16)28-14/h8-11,13,20H,6-7,12H2,1-5H3,(H,26,29,30)/t20?,25-/m1/s1. The number of ether oxygens (including phenoxy) is 1. The van der Waals surface area contributed by atoms with Crippen molar-refractivity contribution in [1.82, 2.24) is 15.0 Å². The number of hydrogen-bond donors (Lipinski definition) is 1. The number of carbonyl (C=O) groups is 1. The first kappa shape index (κ1) is 20.7. The van der Waals surface area contributed by atoms with Gasteiger partial charge in [-0.3, -0.25) is 10.1 Å². The van der Waals surface area contributed by atoms with E-state index >= 15 is 0 Å². The van der Waals surface area contributed by atoms with Crippen LogP contribution in [0, 0.1) is 12.8 Å². The third-order valence-corrected chi connectivity index (χ3v) is 7.43. The Hall–Kier alpha value is -3.22. The number of nitrogens with one attached hydrogen (secondary N) is 1. The summed E-state index contributed by atoms with van der Waals surface area (Å²) < 4.78 is 10.8. The first-order chi connectivity index (χ1) is 15.2. The molecule has 1 unspecified atom stereocenters. The number of carbonyl (C=O) groups excluding carboxylic acids is 1. The largest absolute Gasteiger partial charge is 0.496 e. The number of anilines is 1. The highest BCUT2D eigenvalue weighted by Gasteiger charge is 2.53. The zero-order chi connectivity index (χ0) is 22.7. The molecule has 166 valence electrons. The normalized spacial score (nSPS) is 23.0. The van der Waals surface area contributed by atoms with Crippen LogP contribution in [0.2, 0.25) is 0 Å².